The van der Waals surface area contributed by atoms with Crippen LogP contribution >= 0.6 is 0 Å². The summed E-state index contributed by atoms with van der Waals surface area (Å²) in [5.41, 5.74) is 2.14. The summed E-state index contributed by atoms with van der Waals surface area (Å²) in [5.74, 6) is -0.00695. The Morgan fingerprint density at radius 1 is 1.29 bits per heavy atom. The van der Waals surface area contributed by atoms with Crippen molar-refractivity contribution in [2.24, 2.45) is 0 Å². The first-order chi connectivity index (χ1) is 13.5. The Balaban J connectivity index is 1.74. The standard InChI is InChI=1S/C19H19N5O4/c1-11(25)17-20-14-5-3-4-6-15(14)24(17)8-7-23-9-12-16(21-22-18(12)26)13(10-23)19(27)28-2/h3-6,9-11,25H,7-8H2,1-2H3,(H,22,26)/t11-/m1/s1. The molecule has 0 radical (unpaired) electrons. The van der Waals surface area contributed by atoms with Gasteiger partial charge in [0.2, 0.25) is 0 Å². The average molecular weight is 381 g/mol. The van der Waals surface area contributed by atoms with Crippen molar-refractivity contribution in [2.75, 3.05) is 7.11 Å². The van der Waals surface area contributed by atoms with Gasteiger partial charge in [-0.05, 0) is 19.1 Å². The van der Waals surface area contributed by atoms with Gasteiger partial charge in [-0.25, -0.2) is 14.9 Å². The number of nitrogens with one attached hydrogen (secondary N) is 1. The molecule has 0 spiro atoms. The molecule has 2 aliphatic rings. The van der Waals surface area contributed by atoms with Gasteiger partial charge in [0.15, 0.2) is 0 Å². The van der Waals surface area contributed by atoms with Crippen molar-refractivity contribution < 1.29 is 14.6 Å². The molecule has 0 saturated heterocycles. The normalized spacial score (nSPS) is 12.5. The van der Waals surface area contributed by atoms with E-state index in [0.29, 0.717) is 24.5 Å². The minimum atomic E-state index is -0.729. The molecule has 2 N–H and O–H groups in total. The number of hydrogen-bond donors (Lipinski definition) is 2. The summed E-state index contributed by atoms with van der Waals surface area (Å²) in [6.45, 7) is 2.61. The van der Waals surface area contributed by atoms with E-state index in [1.807, 2.05) is 28.8 Å². The molecule has 2 aliphatic heterocycles. The number of pyridine rings is 1. The maximum absolute atomic E-state index is 12.1. The molecule has 9 nitrogen and oxygen atoms in total. The zero-order valence-corrected chi connectivity index (χ0v) is 15.4. The van der Waals surface area contributed by atoms with Crippen LogP contribution in [-0.2, 0) is 17.8 Å². The van der Waals surface area contributed by atoms with Crippen molar-refractivity contribution in [3.8, 4) is 11.3 Å². The first-order valence-corrected chi connectivity index (χ1v) is 8.79. The van der Waals surface area contributed by atoms with Crippen LogP contribution in [0.15, 0.2) is 41.5 Å². The van der Waals surface area contributed by atoms with E-state index in [2.05, 4.69) is 15.2 Å². The Labute approximate surface area is 159 Å². The van der Waals surface area contributed by atoms with E-state index in [9.17, 15) is 14.7 Å². The highest BCUT2D eigenvalue weighted by atomic mass is 16.5. The molecule has 0 amide bonds. The second kappa shape index (κ2) is 6.93. The van der Waals surface area contributed by atoms with Gasteiger partial charge in [0.25, 0.3) is 5.56 Å². The van der Waals surface area contributed by atoms with Gasteiger partial charge < -0.3 is 19.0 Å². The van der Waals surface area contributed by atoms with Crippen molar-refractivity contribution in [3.05, 3.63) is 58.4 Å². The van der Waals surface area contributed by atoms with Crippen molar-refractivity contribution in [1.82, 2.24) is 24.3 Å². The largest absolute Gasteiger partial charge is 0.465 e. The first-order valence-electron chi connectivity index (χ1n) is 8.79. The molecule has 0 bridgehead atoms. The summed E-state index contributed by atoms with van der Waals surface area (Å²) in [5, 5.41) is 16.4. The lowest BCUT2D eigenvalue weighted by Crippen LogP contribution is -2.15. The van der Waals surface area contributed by atoms with E-state index in [-0.39, 0.29) is 16.8 Å². The van der Waals surface area contributed by atoms with Crippen LogP contribution in [0.1, 0.15) is 29.2 Å². The summed E-state index contributed by atoms with van der Waals surface area (Å²) < 4.78 is 8.49. The fourth-order valence-corrected chi connectivity index (χ4v) is 3.34. The lowest BCUT2D eigenvalue weighted by molar-refractivity contribution is 0.0600. The number of aryl methyl sites for hydroxylation is 2. The number of imidazole rings is 1. The monoisotopic (exact) mass is 381 g/mol. The highest BCUT2D eigenvalue weighted by Crippen LogP contribution is 2.23. The topological polar surface area (TPSA) is 115 Å². The number of aliphatic hydroxyl groups excluding tert-OH is 1. The number of para-hydroxylation sites is 2. The summed E-state index contributed by atoms with van der Waals surface area (Å²) in [6.07, 6.45) is 2.53. The Morgan fingerprint density at radius 2 is 2.07 bits per heavy atom. The number of nitrogens with zero attached hydrogens (tertiary/aromatic N) is 4. The quantitative estimate of drug-likeness (QED) is 0.507. The number of aromatic amines is 1. The number of aromatic nitrogens is 5. The number of aliphatic hydroxyl groups is 1. The second-order valence-corrected chi connectivity index (χ2v) is 6.50. The van der Waals surface area contributed by atoms with Crippen LogP contribution in [0.3, 0.4) is 0 Å². The maximum Gasteiger partial charge on any atom is 0.341 e. The third-order valence-electron chi connectivity index (χ3n) is 4.66. The molecule has 0 fully saturated rings. The van der Waals surface area contributed by atoms with Gasteiger partial charge in [-0.3, -0.25) is 4.79 Å². The Morgan fingerprint density at radius 3 is 2.82 bits per heavy atom. The number of hydrogen-bond acceptors (Lipinski definition) is 6. The predicted octanol–water partition coefficient (Wildman–Crippen LogP) is 1.57. The van der Waals surface area contributed by atoms with E-state index in [1.54, 1.807) is 23.9 Å². The van der Waals surface area contributed by atoms with Crippen molar-refractivity contribution in [1.29, 1.82) is 0 Å². The zero-order valence-electron chi connectivity index (χ0n) is 15.4. The van der Waals surface area contributed by atoms with E-state index in [1.165, 1.54) is 7.11 Å². The number of benzene rings is 1. The molecule has 28 heavy (non-hydrogen) atoms. The molecule has 1 atom stereocenters. The summed E-state index contributed by atoms with van der Waals surface area (Å²) in [4.78, 5) is 28.6. The first kappa shape index (κ1) is 17.9. The number of ether oxygens (including phenoxy) is 1. The van der Waals surface area contributed by atoms with Crippen LogP contribution < -0.4 is 5.56 Å². The predicted molar refractivity (Wildman–Crippen MR) is 101 cm³/mol. The highest BCUT2D eigenvalue weighted by Gasteiger charge is 2.22. The number of rotatable bonds is 5. The molecule has 144 valence electrons. The number of methoxy groups -OCH3 is 1. The molecule has 2 aromatic rings. The number of H-pyrrole nitrogens is 1. The third-order valence-corrected chi connectivity index (χ3v) is 4.66. The average Bonchev–Trinajstić information content (AvgIpc) is 3.26. The Bertz CT molecular complexity index is 1190. The van der Waals surface area contributed by atoms with E-state index in [0.717, 1.165) is 11.0 Å². The maximum atomic E-state index is 12.1. The highest BCUT2D eigenvalue weighted by molar-refractivity contribution is 5.95. The third kappa shape index (κ3) is 2.95. The zero-order chi connectivity index (χ0) is 19.8. The summed E-state index contributed by atoms with van der Waals surface area (Å²) in [6, 6.07) is 7.64. The van der Waals surface area contributed by atoms with Crippen LogP contribution in [-0.4, -0.2) is 42.5 Å². The molecular weight excluding hydrogens is 362 g/mol. The smallest absolute Gasteiger partial charge is 0.341 e. The van der Waals surface area contributed by atoms with Crippen LogP contribution in [0.25, 0.3) is 22.3 Å². The van der Waals surface area contributed by atoms with Gasteiger partial charge in [0.05, 0.1) is 23.7 Å². The lowest BCUT2D eigenvalue weighted by atomic mass is 10.1. The Kier molecular flexibility index (Phi) is 4.44. The second-order valence-electron chi connectivity index (χ2n) is 6.50. The van der Waals surface area contributed by atoms with Crippen LogP contribution in [0.4, 0.5) is 0 Å². The number of esters is 1. The molecule has 0 saturated carbocycles. The van der Waals surface area contributed by atoms with Gasteiger partial charge in [0, 0.05) is 25.5 Å². The Hall–Kier alpha value is -3.46. The fraction of sp³-hybridized carbons (Fsp3) is 0.263. The van der Waals surface area contributed by atoms with E-state index in [4.69, 9.17) is 4.74 Å². The van der Waals surface area contributed by atoms with Crippen molar-refractivity contribution in [2.45, 2.75) is 26.1 Å². The van der Waals surface area contributed by atoms with Crippen molar-refractivity contribution in [3.63, 3.8) is 0 Å². The van der Waals surface area contributed by atoms with Gasteiger partial charge in [0.1, 0.15) is 23.2 Å². The molecule has 4 rings (SSSR count). The minimum Gasteiger partial charge on any atom is -0.465 e. The van der Waals surface area contributed by atoms with Crippen LogP contribution in [0.2, 0.25) is 0 Å². The summed E-state index contributed by atoms with van der Waals surface area (Å²) >= 11 is 0. The molecule has 0 unspecified atom stereocenters. The van der Waals surface area contributed by atoms with E-state index < -0.39 is 12.1 Å². The lowest BCUT2D eigenvalue weighted by Gasteiger charge is -2.15. The molecular formula is C19H19N5O4. The number of carbonyl (C=O) groups is 1. The molecule has 0 aliphatic carbocycles. The van der Waals surface area contributed by atoms with Gasteiger partial charge in [-0.2, -0.15) is 5.10 Å². The van der Waals surface area contributed by atoms with Gasteiger partial charge in [-0.1, -0.05) is 12.1 Å². The molecule has 9 heteroatoms. The SMILES string of the molecule is COC(=O)c1cn(CCn2c([C@@H](C)O)nc3ccccc32)cc2c(=O)[nH]nc1-2. The van der Waals surface area contributed by atoms with Gasteiger partial charge >= 0.3 is 5.97 Å². The number of carbonyl (C=O) groups excluding carboxylic acids is 1. The molecule has 3 heterocycles. The van der Waals surface area contributed by atoms with Crippen LogP contribution in [0.5, 0.6) is 0 Å². The summed E-state index contributed by atoms with van der Waals surface area (Å²) in [7, 11) is 1.28. The fourth-order valence-electron chi connectivity index (χ4n) is 3.34. The van der Waals surface area contributed by atoms with Crippen molar-refractivity contribution >= 4 is 17.0 Å². The molecule has 1 aromatic carbocycles. The van der Waals surface area contributed by atoms with E-state index >= 15 is 0 Å². The van der Waals surface area contributed by atoms with Crippen LogP contribution in [0, 0.1) is 0 Å². The number of fused-ring (bicyclic) bond motifs is 2. The molecule has 1 aromatic heterocycles. The minimum absolute atomic E-state index is 0.213. The van der Waals surface area contributed by atoms with Gasteiger partial charge in [-0.15, -0.1) is 0 Å².